The molecule has 1 atom stereocenters. The first kappa shape index (κ1) is 13.7. The van der Waals surface area contributed by atoms with Gasteiger partial charge in [0.1, 0.15) is 0 Å². The molecule has 94 valence electrons. The van der Waals surface area contributed by atoms with Crippen molar-refractivity contribution in [2.75, 3.05) is 20.6 Å². The molecule has 16 heavy (non-hydrogen) atoms. The number of nitrogens with one attached hydrogen (secondary N) is 1. The summed E-state index contributed by atoms with van der Waals surface area (Å²) in [6.45, 7) is 9.46. The van der Waals surface area contributed by atoms with Crippen LogP contribution < -0.4 is 5.32 Å². The second kappa shape index (κ2) is 5.83. The van der Waals surface area contributed by atoms with Crippen molar-refractivity contribution in [3.8, 4) is 0 Å². The van der Waals surface area contributed by atoms with Crippen LogP contribution in [0.15, 0.2) is 12.7 Å². The van der Waals surface area contributed by atoms with E-state index in [0.717, 1.165) is 18.9 Å². The number of hydrogen-bond donors (Lipinski definition) is 1. The van der Waals surface area contributed by atoms with Crippen LogP contribution in [0.3, 0.4) is 0 Å². The Kier molecular flexibility index (Phi) is 5.00. The minimum absolute atomic E-state index is 0.237. The van der Waals surface area contributed by atoms with E-state index in [9.17, 15) is 0 Å². The van der Waals surface area contributed by atoms with Gasteiger partial charge in [-0.3, -0.25) is 0 Å². The summed E-state index contributed by atoms with van der Waals surface area (Å²) in [7, 11) is 4.30. The third-order valence-electron chi connectivity index (χ3n) is 3.88. The first-order valence-corrected chi connectivity index (χ1v) is 6.49. The predicted octanol–water partition coefficient (Wildman–Crippen LogP) is 2.66. The van der Waals surface area contributed by atoms with Crippen molar-refractivity contribution in [2.24, 2.45) is 5.92 Å². The lowest BCUT2D eigenvalue weighted by Crippen LogP contribution is -2.49. The number of rotatable bonds is 8. The third kappa shape index (κ3) is 4.26. The van der Waals surface area contributed by atoms with Crippen LogP contribution >= 0.6 is 0 Å². The highest BCUT2D eigenvalue weighted by Crippen LogP contribution is 2.34. The summed E-state index contributed by atoms with van der Waals surface area (Å²) in [5.41, 5.74) is 0.237. The number of hydrogen-bond acceptors (Lipinski definition) is 2. The molecule has 2 nitrogen and oxygen atoms in total. The maximum absolute atomic E-state index is 3.81. The van der Waals surface area contributed by atoms with E-state index in [1.807, 2.05) is 6.08 Å². The van der Waals surface area contributed by atoms with Crippen molar-refractivity contribution in [1.82, 2.24) is 10.2 Å². The van der Waals surface area contributed by atoms with Gasteiger partial charge in [0.2, 0.25) is 0 Å². The average molecular weight is 224 g/mol. The quantitative estimate of drug-likeness (QED) is 0.638. The lowest BCUT2D eigenvalue weighted by molar-refractivity contribution is 0.180. The molecule has 0 aromatic heterocycles. The molecule has 1 rings (SSSR count). The Labute approximate surface area is 101 Å². The van der Waals surface area contributed by atoms with Crippen LogP contribution in [0.5, 0.6) is 0 Å². The molecule has 1 N–H and O–H groups in total. The molecule has 1 aliphatic carbocycles. The van der Waals surface area contributed by atoms with Gasteiger partial charge >= 0.3 is 0 Å². The van der Waals surface area contributed by atoms with E-state index < -0.39 is 0 Å². The molecule has 0 amide bonds. The van der Waals surface area contributed by atoms with Gasteiger partial charge in [-0.05, 0) is 59.5 Å². The Hall–Kier alpha value is -0.340. The summed E-state index contributed by atoms with van der Waals surface area (Å²) in [4.78, 5) is 2.29. The molecule has 0 heterocycles. The highest BCUT2D eigenvalue weighted by Gasteiger charge is 2.31. The summed E-state index contributed by atoms with van der Waals surface area (Å²) in [6.07, 6.45) is 7.25. The van der Waals surface area contributed by atoms with Gasteiger partial charge < -0.3 is 10.2 Å². The highest BCUT2D eigenvalue weighted by molar-refractivity contribution is 4.90. The molecule has 0 bridgehead atoms. The van der Waals surface area contributed by atoms with Crippen molar-refractivity contribution in [1.29, 1.82) is 0 Å². The largest absolute Gasteiger partial charge is 0.312 e. The van der Waals surface area contributed by atoms with E-state index in [1.165, 1.54) is 19.3 Å². The van der Waals surface area contributed by atoms with E-state index in [2.05, 4.69) is 44.7 Å². The monoisotopic (exact) mass is 224 g/mol. The maximum Gasteiger partial charge on any atom is 0.0271 e. The fourth-order valence-corrected chi connectivity index (χ4v) is 1.84. The van der Waals surface area contributed by atoms with Crippen LogP contribution in [-0.2, 0) is 0 Å². The minimum Gasteiger partial charge on any atom is -0.312 e. The topological polar surface area (TPSA) is 15.3 Å². The molecule has 0 aromatic carbocycles. The molecular weight excluding hydrogens is 196 g/mol. The average Bonchev–Trinajstić information content (AvgIpc) is 3.01. The van der Waals surface area contributed by atoms with Crippen LogP contribution in [-0.4, -0.2) is 37.1 Å². The van der Waals surface area contributed by atoms with Crippen molar-refractivity contribution in [3.05, 3.63) is 12.7 Å². The first-order chi connectivity index (χ1) is 7.47. The smallest absolute Gasteiger partial charge is 0.0271 e. The van der Waals surface area contributed by atoms with E-state index >= 15 is 0 Å². The van der Waals surface area contributed by atoms with Crippen LogP contribution in [0.1, 0.15) is 39.5 Å². The van der Waals surface area contributed by atoms with Crippen molar-refractivity contribution in [2.45, 2.75) is 51.1 Å². The third-order valence-corrected chi connectivity index (χ3v) is 3.88. The summed E-state index contributed by atoms with van der Waals surface area (Å²) in [6, 6.07) is 0.706. The molecule has 1 fully saturated rings. The second-order valence-corrected chi connectivity index (χ2v) is 5.90. The molecule has 2 heteroatoms. The van der Waals surface area contributed by atoms with Gasteiger partial charge in [-0.1, -0.05) is 6.08 Å². The van der Waals surface area contributed by atoms with E-state index in [0.29, 0.717) is 6.04 Å². The van der Waals surface area contributed by atoms with Crippen LogP contribution in [0.2, 0.25) is 0 Å². The fraction of sp³-hybridized carbons (Fsp3) is 0.857. The maximum atomic E-state index is 3.81. The predicted molar refractivity (Wildman–Crippen MR) is 71.7 cm³/mol. The standard InChI is InChI=1S/C14H28N2/c1-6-7-8-13(12-9-10-12)15-11-14(2,3)16(4)5/h6,12-13,15H,1,7-11H2,2-5H3. The van der Waals surface area contributed by atoms with Gasteiger partial charge in [-0.25, -0.2) is 0 Å². The first-order valence-electron chi connectivity index (χ1n) is 6.49. The zero-order valence-electron chi connectivity index (χ0n) is 11.4. The summed E-state index contributed by atoms with van der Waals surface area (Å²) in [5, 5.41) is 3.75. The normalized spacial score (nSPS) is 18.8. The van der Waals surface area contributed by atoms with Crippen LogP contribution in [0, 0.1) is 5.92 Å². The zero-order chi connectivity index (χ0) is 12.2. The lowest BCUT2D eigenvalue weighted by Gasteiger charge is -2.34. The molecule has 0 radical (unpaired) electrons. The van der Waals surface area contributed by atoms with E-state index in [-0.39, 0.29) is 5.54 Å². The molecule has 1 saturated carbocycles. The Balaban J connectivity index is 2.34. The van der Waals surface area contributed by atoms with Crippen LogP contribution in [0.4, 0.5) is 0 Å². The number of likely N-dealkylation sites (N-methyl/N-ethyl adjacent to an activating group) is 1. The number of allylic oxidation sites excluding steroid dienone is 1. The Morgan fingerprint density at radius 2 is 2.06 bits per heavy atom. The van der Waals surface area contributed by atoms with Gasteiger partial charge in [-0.2, -0.15) is 0 Å². The summed E-state index contributed by atoms with van der Waals surface area (Å²) >= 11 is 0. The molecular formula is C14H28N2. The van der Waals surface area contributed by atoms with Gasteiger partial charge in [-0.15, -0.1) is 6.58 Å². The SMILES string of the molecule is C=CCCC(NCC(C)(C)N(C)C)C1CC1. The van der Waals surface area contributed by atoms with Crippen molar-refractivity contribution >= 4 is 0 Å². The molecule has 0 spiro atoms. The highest BCUT2D eigenvalue weighted by atomic mass is 15.2. The van der Waals surface area contributed by atoms with Gasteiger partial charge in [0.05, 0.1) is 0 Å². The lowest BCUT2D eigenvalue weighted by atomic mass is 10.0. The molecule has 0 aromatic rings. The van der Waals surface area contributed by atoms with E-state index in [1.54, 1.807) is 0 Å². The summed E-state index contributed by atoms with van der Waals surface area (Å²) in [5.74, 6) is 0.929. The zero-order valence-corrected chi connectivity index (χ0v) is 11.4. The molecule has 0 saturated heterocycles. The molecule has 1 aliphatic rings. The Bertz CT molecular complexity index is 217. The Morgan fingerprint density at radius 1 is 1.44 bits per heavy atom. The van der Waals surface area contributed by atoms with Crippen molar-refractivity contribution in [3.63, 3.8) is 0 Å². The van der Waals surface area contributed by atoms with E-state index in [4.69, 9.17) is 0 Å². The molecule has 0 aliphatic heterocycles. The van der Waals surface area contributed by atoms with Gasteiger partial charge in [0.15, 0.2) is 0 Å². The summed E-state index contributed by atoms with van der Waals surface area (Å²) < 4.78 is 0. The van der Waals surface area contributed by atoms with Crippen LogP contribution in [0.25, 0.3) is 0 Å². The van der Waals surface area contributed by atoms with Gasteiger partial charge in [0, 0.05) is 18.1 Å². The molecule has 1 unspecified atom stereocenters. The second-order valence-electron chi connectivity index (χ2n) is 5.90. The fourth-order valence-electron chi connectivity index (χ4n) is 1.84. The minimum atomic E-state index is 0.237. The number of nitrogens with zero attached hydrogens (tertiary/aromatic N) is 1. The van der Waals surface area contributed by atoms with Gasteiger partial charge in [0.25, 0.3) is 0 Å². The van der Waals surface area contributed by atoms with Crippen molar-refractivity contribution < 1.29 is 0 Å². The Morgan fingerprint density at radius 3 is 2.50 bits per heavy atom.